The quantitative estimate of drug-likeness (QED) is 0.855. The van der Waals surface area contributed by atoms with Crippen LogP contribution in [0, 0.1) is 0 Å². The van der Waals surface area contributed by atoms with Gasteiger partial charge in [-0.05, 0) is 26.2 Å². The molecule has 0 atom stereocenters. The van der Waals surface area contributed by atoms with Crippen LogP contribution in [0.2, 0.25) is 0 Å². The molecule has 100 valence electrons. The van der Waals surface area contributed by atoms with Crippen molar-refractivity contribution in [2.45, 2.75) is 38.6 Å². The number of nitrogens with zero attached hydrogens (tertiary/aromatic N) is 2. The first-order valence-electron chi connectivity index (χ1n) is 6.25. The molecular formula is C12H20N4OS. The number of carbonyl (C=O) groups excluding carboxylic acids is 1. The molecule has 5 nitrogen and oxygen atoms in total. The first-order valence-corrected chi connectivity index (χ1v) is 7.07. The minimum Gasteiger partial charge on any atom is -0.382 e. The Labute approximate surface area is 111 Å². The third-order valence-electron chi connectivity index (χ3n) is 3.15. The van der Waals surface area contributed by atoms with Crippen molar-refractivity contribution >= 4 is 28.2 Å². The summed E-state index contributed by atoms with van der Waals surface area (Å²) in [5.74, 6) is 0.237. The van der Waals surface area contributed by atoms with Gasteiger partial charge in [-0.15, -0.1) is 0 Å². The Morgan fingerprint density at radius 1 is 1.61 bits per heavy atom. The number of aromatic nitrogens is 1. The lowest BCUT2D eigenvalue weighted by Gasteiger charge is -2.13. The monoisotopic (exact) mass is 268 g/mol. The summed E-state index contributed by atoms with van der Waals surface area (Å²) in [7, 11) is 1.96. The molecule has 0 bridgehead atoms. The molecule has 1 fully saturated rings. The minimum absolute atomic E-state index is 0.0248. The minimum atomic E-state index is -0.0962. The van der Waals surface area contributed by atoms with Crippen LogP contribution in [0.1, 0.15) is 42.8 Å². The van der Waals surface area contributed by atoms with E-state index in [0.29, 0.717) is 10.7 Å². The summed E-state index contributed by atoms with van der Waals surface area (Å²) in [6.45, 7) is 5.06. The van der Waals surface area contributed by atoms with Crippen molar-refractivity contribution in [3.05, 3.63) is 4.88 Å². The van der Waals surface area contributed by atoms with Crippen molar-refractivity contribution < 1.29 is 4.79 Å². The van der Waals surface area contributed by atoms with Gasteiger partial charge in [-0.3, -0.25) is 4.79 Å². The van der Waals surface area contributed by atoms with Crippen LogP contribution in [0.25, 0.3) is 0 Å². The first kappa shape index (κ1) is 13.1. The lowest BCUT2D eigenvalue weighted by molar-refractivity contribution is 0.0940. The van der Waals surface area contributed by atoms with Crippen molar-refractivity contribution in [2.24, 2.45) is 0 Å². The maximum Gasteiger partial charge on any atom is 0.265 e. The molecule has 1 aromatic rings. The third kappa shape index (κ3) is 2.75. The SMILES string of the molecule is CCCN(C)c1nc(N)c(C(=O)NC2(C)CC2)s1. The van der Waals surface area contributed by atoms with Crippen LogP contribution in [-0.4, -0.2) is 30.0 Å². The Hall–Kier alpha value is -1.30. The third-order valence-corrected chi connectivity index (χ3v) is 4.33. The van der Waals surface area contributed by atoms with Gasteiger partial charge in [-0.1, -0.05) is 18.3 Å². The maximum atomic E-state index is 12.1. The number of anilines is 2. The van der Waals surface area contributed by atoms with Gasteiger partial charge in [0.15, 0.2) is 5.13 Å². The number of hydrogen-bond acceptors (Lipinski definition) is 5. The van der Waals surface area contributed by atoms with Crippen LogP contribution >= 0.6 is 11.3 Å². The lowest BCUT2D eigenvalue weighted by atomic mass is 10.3. The van der Waals surface area contributed by atoms with E-state index in [1.165, 1.54) is 11.3 Å². The number of nitrogens with one attached hydrogen (secondary N) is 1. The second-order valence-corrected chi connectivity index (χ2v) is 6.12. The summed E-state index contributed by atoms with van der Waals surface area (Å²) in [6, 6.07) is 0. The zero-order chi connectivity index (χ0) is 13.3. The molecular weight excluding hydrogens is 248 g/mol. The first-order chi connectivity index (χ1) is 8.45. The van der Waals surface area contributed by atoms with Crippen LogP contribution in [0.5, 0.6) is 0 Å². The van der Waals surface area contributed by atoms with Crippen molar-refractivity contribution in [2.75, 3.05) is 24.2 Å². The van der Waals surface area contributed by atoms with E-state index in [1.54, 1.807) is 0 Å². The highest BCUT2D eigenvalue weighted by Gasteiger charge is 2.39. The molecule has 1 amide bonds. The van der Waals surface area contributed by atoms with E-state index in [2.05, 4.69) is 17.2 Å². The number of rotatable bonds is 5. The second-order valence-electron chi connectivity index (χ2n) is 5.15. The number of thiazole rings is 1. The average Bonchev–Trinajstić information content (AvgIpc) is 2.88. The van der Waals surface area contributed by atoms with Crippen LogP contribution in [0.15, 0.2) is 0 Å². The maximum absolute atomic E-state index is 12.1. The van der Waals surface area contributed by atoms with E-state index in [-0.39, 0.29) is 11.4 Å². The second kappa shape index (κ2) is 4.76. The molecule has 0 aliphatic heterocycles. The van der Waals surface area contributed by atoms with E-state index in [4.69, 9.17) is 5.73 Å². The molecule has 1 heterocycles. The Bertz CT molecular complexity index is 453. The number of nitrogen functional groups attached to an aromatic ring is 1. The highest BCUT2D eigenvalue weighted by atomic mass is 32.1. The summed E-state index contributed by atoms with van der Waals surface area (Å²) < 4.78 is 0. The number of amides is 1. The Morgan fingerprint density at radius 2 is 2.28 bits per heavy atom. The number of carbonyl (C=O) groups is 1. The normalized spacial score (nSPS) is 16.4. The van der Waals surface area contributed by atoms with Crippen LogP contribution in [-0.2, 0) is 0 Å². The summed E-state index contributed by atoms with van der Waals surface area (Å²) in [5, 5.41) is 3.81. The standard InChI is InChI=1S/C12H20N4OS/c1-4-7-16(3)11-14-9(13)8(18-11)10(17)15-12(2)5-6-12/h4-7,13H2,1-3H3,(H,15,17). The lowest BCUT2D eigenvalue weighted by Crippen LogP contribution is -2.34. The topological polar surface area (TPSA) is 71.2 Å². The molecule has 3 N–H and O–H groups in total. The van der Waals surface area contributed by atoms with E-state index < -0.39 is 0 Å². The predicted octanol–water partition coefficient (Wildman–Crippen LogP) is 1.85. The molecule has 1 aliphatic rings. The summed E-state index contributed by atoms with van der Waals surface area (Å²) in [5.41, 5.74) is 5.80. The predicted molar refractivity (Wildman–Crippen MR) is 75.2 cm³/mol. The van der Waals surface area contributed by atoms with Gasteiger partial charge in [-0.25, -0.2) is 4.98 Å². The highest BCUT2D eigenvalue weighted by Crippen LogP contribution is 2.36. The van der Waals surface area contributed by atoms with Crippen LogP contribution < -0.4 is 16.0 Å². The number of nitrogens with two attached hydrogens (primary N) is 1. The van der Waals surface area contributed by atoms with Crippen molar-refractivity contribution in [3.8, 4) is 0 Å². The molecule has 1 aromatic heterocycles. The zero-order valence-corrected chi connectivity index (χ0v) is 11.9. The van der Waals surface area contributed by atoms with Crippen molar-refractivity contribution in [1.29, 1.82) is 0 Å². The molecule has 0 unspecified atom stereocenters. The zero-order valence-electron chi connectivity index (χ0n) is 11.1. The molecule has 18 heavy (non-hydrogen) atoms. The van der Waals surface area contributed by atoms with Crippen molar-refractivity contribution in [1.82, 2.24) is 10.3 Å². The Morgan fingerprint density at radius 3 is 2.83 bits per heavy atom. The summed E-state index contributed by atoms with van der Waals surface area (Å²) >= 11 is 1.36. The molecule has 0 spiro atoms. The fourth-order valence-corrected chi connectivity index (χ4v) is 2.59. The largest absolute Gasteiger partial charge is 0.382 e. The highest BCUT2D eigenvalue weighted by molar-refractivity contribution is 7.18. The fourth-order valence-electron chi connectivity index (χ4n) is 1.72. The van der Waals surface area contributed by atoms with Crippen LogP contribution in [0.4, 0.5) is 10.9 Å². The van der Waals surface area contributed by atoms with Gasteiger partial charge in [0.1, 0.15) is 10.7 Å². The average molecular weight is 268 g/mol. The van der Waals surface area contributed by atoms with Crippen molar-refractivity contribution in [3.63, 3.8) is 0 Å². The van der Waals surface area contributed by atoms with E-state index in [9.17, 15) is 4.79 Å². The molecule has 1 aliphatic carbocycles. The molecule has 0 saturated heterocycles. The van der Waals surface area contributed by atoms with E-state index >= 15 is 0 Å². The van der Waals surface area contributed by atoms with E-state index in [0.717, 1.165) is 30.9 Å². The van der Waals surface area contributed by atoms with Gasteiger partial charge >= 0.3 is 0 Å². The van der Waals surface area contributed by atoms with Gasteiger partial charge in [0.25, 0.3) is 5.91 Å². The van der Waals surface area contributed by atoms with Gasteiger partial charge < -0.3 is 16.0 Å². The van der Waals surface area contributed by atoms with Gasteiger partial charge in [0.05, 0.1) is 0 Å². The Kier molecular flexibility index (Phi) is 3.47. The van der Waals surface area contributed by atoms with Gasteiger partial charge in [0, 0.05) is 19.1 Å². The molecule has 1 saturated carbocycles. The van der Waals surface area contributed by atoms with E-state index in [1.807, 2.05) is 18.9 Å². The van der Waals surface area contributed by atoms with Crippen LogP contribution in [0.3, 0.4) is 0 Å². The van der Waals surface area contributed by atoms with Gasteiger partial charge in [-0.2, -0.15) is 0 Å². The number of hydrogen-bond donors (Lipinski definition) is 2. The molecule has 0 radical (unpaired) electrons. The summed E-state index contributed by atoms with van der Waals surface area (Å²) in [6.07, 6.45) is 3.12. The summed E-state index contributed by atoms with van der Waals surface area (Å²) in [4.78, 5) is 18.9. The molecule has 6 heteroatoms. The Balaban J connectivity index is 2.10. The van der Waals surface area contributed by atoms with Gasteiger partial charge in [0.2, 0.25) is 0 Å². The fraction of sp³-hybridized carbons (Fsp3) is 0.667. The smallest absolute Gasteiger partial charge is 0.265 e. The molecule has 2 rings (SSSR count). The molecule has 0 aromatic carbocycles.